The van der Waals surface area contributed by atoms with Crippen LogP contribution in [0.3, 0.4) is 0 Å². The third kappa shape index (κ3) is 7.88. The number of aliphatic imine (C=N–C) groups is 1. The molecule has 158 valence electrons. The molecule has 1 aromatic carbocycles. The molecule has 1 fully saturated rings. The summed E-state index contributed by atoms with van der Waals surface area (Å²) in [4.78, 5) is 17.6. The number of rotatable bonds is 6. The van der Waals surface area contributed by atoms with E-state index in [1.54, 1.807) is 24.0 Å². The molecule has 0 radical (unpaired) electrons. The van der Waals surface area contributed by atoms with E-state index in [0.29, 0.717) is 53.0 Å². The maximum Gasteiger partial charge on any atom is 0.409 e. The highest BCUT2D eigenvalue weighted by Crippen LogP contribution is 2.35. The van der Waals surface area contributed by atoms with E-state index in [1.165, 1.54) is 0 Å². The first kappa shape index (κ1) is 25.2. The minimum absolute atomic E-state index is 0. The number of halogens is 4. The van der Waals surface area contributed by atoms with Crippen molar-refractivity contribution in [3.63, 3.8) is 0 Å². The Balaban J connectivity index is 0.00000392. The molecule has 7 nitrogen and oxygen atoms in total. The highest BCUT2D eigenvalue weighted by atomic mass is 127. The Labute approximate surface area is 196 Å². The second-order valence-electron chi connectivity index (χ2n) is 5.92. The van der Waals surface area contributed by atoms with E-state index in [-0.39, 0.29) is 42.7 Å². The number of benzene rings is 1. The number of carbonyl (C=O) groups is 1. The van der Waals surface area contributed by atoms with Crippen LogP contribution in [-0.4, -0.2) is 55.8 Å². The van der Waals surface area contributed by atoms with Gasteiger partial charge in [-0.25, -0.2) is 9.79 Å². The van der Waals surface area contributed by atoms with Crippen LogP contribution in [0.5, 0.6) is 5.75 Å². The van der Waals surface area contributed by atoms with Crippen molar-refractivity contribution in [2.45, 2.75) is 25.8 Å². The fraction of sp³-hybridized carbons (Fsp3) is 0.529. The molecule has 0 bridgehead atoms. The standard InChI is InChI=1S/C17H23Cl3N4O3.HI/c1-2-26-17(25)24-6-3-12(4-7-24)23-16(21)22-5-8-27-15-13(19)9-11(18)10-14(15)20;/h9-10,12H,2-8H2,1H3,(H3,21,22,23);1H. The van der Waals surface area contributed by atoms with Crippen LogP contribution in [-0.2, 0) is 4.74 Å². The highest BCUT2D eigenvalue weighted by Gasteiger charge is 2.23. The number of nitrogens with one attached hydrogen (secondary N) is 1. The SMILES string of the molecule is CCOC(=O)N1CCC(NC(N)=NCCOc2c(Cl)cc(Cl)cc2Cl)CC1.I. The van der Waals surface area contributed by atoms with Gasteiger partial charge in [0, 0.05) is 24.2 Å². The summed E-state index contributed by atoms with van der Waals surface area (Å²) in [6.07, 6.45) is 1.29. The Hall–Kier alpha value is -0.840. The Morgan fingerprint density at radius 1 is 1.29 bits per heavy atom. The van der Waals surface area contributed by atoms with Crippen molar-refractivity contribution in [3.8, 4) is 5.75 Å². The maximum atomic E-state index is 11.7. The molecular formula is C17H24Cl3IN4O3. The molecule has 0 saturated carbocycles. The fourth-order valence-electron chi connectivity index (χ4n) is 2.66. The zero-order valence-corrected chi connectivity index (χ0v) is 20.0. The van der Waals surface area contributed by atoms with Gasteiger partial charge in [-0.15, -0.1) is 24.0 Å². The molecule has 1 heterocycles. The van der Waals surface area contributed by atoms with E-state index in [2.05, 4.69) is 10.3 Å². The van der Waals surface area contributed by atoms with Crippen molar-refractivity contribution >= 4 is 70.8 Å². The summed E-state index contributed by atoms with van der Waals surface area (Å²) >= 11 is 18.0. The van der Waals surface area contributed by atoms with E-state index < -0.39 is 0 Å². The Kier molecular flexibility index (Phi) is 11.4. The molecule has 0 aliphatic carbocycles. The lowest BCUT2D eigenvalue weighted by Gasteiger charge is -2.31. The third-order valence-electron chi connectivity index (χ3n) is 3.96. The molecular weight excluding hydrogens is 541 g/mol. The van der Waals surface area contributed by atoms with Gasteiger partial charge in [0.15, 0.2) is 11.7 Å². The van der Waals surface area contributed by atoms with Crippen LogP contribution in [0.4, 0.5) is 4.79 Å². The summed E-state index contributed by atoms with van der Waals surface area (Å²) in [5.74, 6) is 0.706. The van der Waals surface area contributed by atoms with Crippen molar-refractivity contribution in [1.29, 1.82) is 0 Å². The molecule has 1 saturated heterocycles. The van der Waals surface area contributed by atoms with Gasteiger partial charge in [0.2, 0.25) is 0 Å². The van der Waals surface area contributed by atoms with Crippen LogP contribution in [0.25, 0.3) is 0 Å². The normalized spacial score (nSPS) is 15.0. The van der Waals surface area contributed by atoms with Crippen molar-refractivity contribution in [2.75, 3.05) is 32.8 Å². The number of likely N-dealkylation sites (tertiary alicyclic amines) is 1. The topological polar surface area (TPSA) is 89.2 Å². The van der Waals surface area contributed by atoms with Crippen molar-refractivity contribution in [1.82, 2.24) is 10.2 Å². The van der Waals surface area contributed by atoms with Gasteiger partial charge in [0.1, 0.15) is 6.61 Å². The first-order chi connectivity index (χ1) is 12.9. The largest absolute Gasteiger partial charge is 0.489 e. The maximum absolute atomic E-state index is 11.7. The number of nitrogens with zero attached hydrogens (tertiary/aromatic N) is 2. The summed E-state index contributed by atoms with van der Waals surface area (Å²) in [6, 6.07) is 3.29. The predicted octanol–water partition coefficient (Wildman–Crippen LogP) is 4.17. The fourth-order valence-corrected chi connectivity index (χ4v) is 3.58. The molecule has 0 unspecified atom stereocenters. The zero-order chi connectivity index (χ0) is 19.8. The summed E-state index contributed by atoms with van der Waals surface area (Å²) < 4.78 is 10.6. The Morgan fingerprint density at radius 3 is 2.46 bits per heavy atom. The summed E-state index contributed by atoms with van der Waals surface area (Å²) in [7, 11) is 0. The van der Waals surface area contributed by atoms with E-state index in [1.807, 2.05) is 0 Å². The Morgan fingerprint density at radius 2 is 1.89 bits per heavy atom. The number of ether oxygens (including phenoxy) is 2. The summed E-state index contributed by atoms with van der Waals surface area (Å²) in [6.45, 7) is 4.04. The quantitative estimate of drug-likeness (QED) is 0.234. The van der Waals surface area contributed by atoms with Crippen molar-refractivity contribution in [2.24, 2.45) is 10.7 Å². The van der Waals surface area contributed by atoms with Crippen LogP contribution in [0.1, 0.15) is 19.8 Å². The number of carbonyl (C=O) groups excluding carboxylic acids is 1. The lowest BCUT2D eigenvalue weighted by Crippen LogP contribution is -2.48. The van der Waals surface area contributed by atoms with Crippen LogP contribution in [0, 0.1) is 0 Å². The number of hydrogen-bond acceptors (Lipinski definition) is 4. The van der Waals surface area contributed by atoms with Gasteiger partial charge in [-0.3, -0.25) is 0 Å². The van der Waals surface area contributed by atoms with E-state index in [0.717, 1.165) is 12.8 Å². The number of guanidine groups is 1. The second-order valence-corrected chi connectivity index (χ2v) is 7.17. The summed E-state index contributed by atoms with van der Waals surface area (Å²) in [5.41, 5.74) is 5.91. The van der Waals surface area contributed by atoms with Gasteiger partial charge in [-0.05, 0) is 31.9 Å². The van der Waals surface area contributed by atoms with Gasteiger partial charge < -0.3 is 25.4 Å². The molecule has 1 amide bonds. The minimum atomic E-state index is -0.269. The zero-order valence-electron chi connectivity index (χ0n) is 15.4. The molecule has 1 aliphatic rings. The number of hydrogen-bond donors (Lipinski definition) is 2. The third-order valence-corrected chi connectivity index (χ3v) is 4.74. The van der Waals surface area contributed by atoms with E-state index >= 15 is 0 Å². The van der Waals surface area contributed by atoms with Gasteiger partial charge in [-0.2, -0.15) is 0 Å². The van der Waals surface area contributed by atoms with Crippen LogP contribution in [0.15, 0.2) is 17.1 Å². The molecule has 11 heteroatoms. The molecule has 1 aliphatic heterocycles. The molecule has 28 heavy (non-hydrogen) atoms. The lowest BCUT2D eigenvalue weighted by molar-refractivity contribution is 0.0963. The van der Waals surface area contributed by atoms with E-state index in [9.17, 15) is 4.79 Å². The molecule has 0 spiro atoms. The van der Waals surface area contributed by atoms with Gasteiger partial charge in [-0.1, -0.05) is 34.8 Å². The smallest absolute Gasteiger partial charge is 0.409 e. The lowest BCUT2D eigenvalue weighted by atomic mass is 10.1. The second kappa shape index (κ2) is 12.7. The number of piperidine rings is 1. The highest BCUT2D eigenvalue weighted by molar-refractivity contribution is 14.0. The molecule has 0 atom stereocenters. The molecule has 3 N–H and O–H groups in total. The average Bonchev–Trinajstić information content (AvgIpc) is 2.61. The van der Waals surface area contributed by atoms with Gasteiger partial charge in [0.05, 0.1) is 23.2 Å². The van der Waals surface area contributed by atoms with Gasteiger partial charge >= 0.3 is 6.09 Å². The predicted molar refractivity (Wildman–Crippen MR) is 124 cm³/mol. The Bertz CT molecular complexity index is 663. The van der Waals surface area contributed by atoms with Gasteiger partial charge in [0.25, 0.3) is 0 Å². The number of amides is 1. The molecule has 1 aromatic rings. The van der Waals surface area contributed by atoms with Crippen LogP contribution >= 0.6 is 58.8 Å². The van der Waals surface area contributed by atoms with Crippen LogP contribution < -0.4 is 15.8 Å². The van der Waals surface area contributed by atoms with Crippen LogP contribution in [0.2, 0.25) is 15.1 Å². The monoisotopic (exact) mass is 564 g/mol. The summed E-state index contributed by atoms with van der Waals surface area (Å²) in [5, 5.41) is 4.29. The van der Waals surface area contributed by atoms with Crippen molar-refractivity contribution < 1.29 is 14.3 Å². The number of nitrogens with two attached hydrogens (primary N) is 1. The molecule has 0 aromatic heterocycles. The van der Waals surface area contributed by atoms with Crippen molar-refractivity contribution in [3.05, 3.63) is 27.2 Å². The minimum Gasteiger partial charge on any atom is -0.489 e. The first-order valence-corrected chi connectivity index (χ1v) is 9.79. The molecule has 2 rings (SSSR count). The van der Waals surface area contributed by atoms with E-state index in [4.69, 9.17) is 50.0 Å². The average molecular weight is 566 g/mol. The first-order valence-electron chi connectivity index (χ1n) is 8.66.